The van der Waals surface area contributed by atoms with Gasteiger partial charge in [0.05, 0.1) is 5.56 Å². The Hall–Kier alpha value is -0.990. The molecule has 0 spiro atoms. The highest BCUT2D eigenvalue weighted by molar-refractivity contribution is 8.00. The van der Waals surface area contributed by atoms with Crippen molar-refractivity contribution in [3.05, 3.63) is 23.9 Å². The van der Waals surface area contributed by atoms with Crippen molar-refractivity contribution in [1.29, 1.82) is 0 Å². The summed E-state index contributed by atoms with van der Waals surface area (Å²) in [7, 11) is 0. The molecule has 1 aromatic heterocycles. The van der Waals surface area contributed by atoms with E-state index in [2.05, 4.69) is 15.6 Å². The van der Waals surface area contributed by atoms with Crippen LogP contribution in [0.15, 0.2) is 23.4 Å². The van der Waals surface area contributed by atoms with Crippen molar-refractivity contribution in [3.8, 4) is 0 Å². The first-order valence-corrected chi connectivity index (χ1v) is 7.00. The van der Waals surface area contributed by atoms with Crippen LogP contribution in [0, 0.1) is 0 Å². The van der Waals surface area contributed by atoms with E-state index in [9.17, 15) is 18.0 Å². The highest BCUT2D eigenvalue weighted by Gasteiger charge is 2.32. The molecule has 0 aliphatic carbocycles. The predicted octanol–water partition coefficient (Wildman–Crippen LogP) is 2.60. The second-order valence-electron chi connectivity index (χ2n) is 4.41. The number of aromatic nitrogens is 1. The largest absolute Gasteiger partial charge is 0.447 e. The molecule has 2 N–H and O–H groups in total. The zero-order valence-corrected chi connectivity index (χ0v) is 12.6. The number of carbonyl (C=O) groups is 1. The van der Waals surface area contributed by atoms with Gasteiger partial charge >= 0.3 is 5.51 Å². The van der Waals surface area contributed by atoms with Gasteiger partial charge in [-0.2, -0.15) is 13.2 Å². The van der Waals surface area contributed by atoms with Crippen LogP contribution in [-0.4, -0.2) is 35.5 Å². The molecule has 1 unspecified atom stereocenters. The molecule has 1 saturated heterocycles. The third kappa shape index (κ3) is 5.72. The maximum Gasteiger partial charge on any atom is 0.447 e. The Balaban J connectivity index is 0.00000220. The molecule has 118 valence electrons. The molecule has 0 saturated carbocycles. The molecule has 1 fully saturated rings. The van der Waals surface area contributed by atoms with Gasteiger partial charge in [0.2, 0.25) is 0 Å². The van der Waals surface area contributed by atoms with Gasteiger partial charge < -0.3 is 10.6 Å². The van der Waals surface area contributed by atoms with E-state index in [-0.39, 0.29) is 40.8 Å². The van der Waals surface area contributed by atoms with Crippen molar-refractivity contribution < 1.29 is 18.0 Å². The number of rotatable bonds is 4. The van der Waals surface area contributed by atoms with Crippen molar-refractivity contribution in [1.82, 2.24) is 15.6 Å². The number of hydrogen-bond acceptors (Lipinski definition) is 4. The first-order chi connectivity index (χ1) is 9.46. The summed E-state index contributed by atoms with van der Waals surface area (Å²) in [6, 6.07) is 2.98. The van der Waals surface area contributed by atoms with Crippen LogP contribution in [-0.2, 0) is 0 Å². The fourth-order valence-electron chi connectivity index (χ4n) is 2.00. The number of pyridine rings is 1. The summed E-state index contributed by atoms with van der Waals surface area (Å²) in [5, 5.41) is 5.52. The molecule has 1 aliphatic heterocycles. The average Bonchev–Trinajstić information content (AvgIpc) is 2.88. The van der Waals surface area contributed by atoms with E-state index < -0.39 is 11.4 Å². The third-order valence-corrected chi connectivity index (χ3v) is 3.65. The lowest BCUT2D eigenvalue weighted by Gasteiger charge is -2.13. The van der Waals surface area contributed by atoms with Gasteiger partial charge in [-0.1, -0.05) is 0 Å². The summed E-state index contributed by atoms with van der Waals surface area (Å²) < 4.78 is 37.2. The van der Waals surface area contributed by atoms with Crippen molar-refractivity contribution in [2.75, 3.05) is 13.1 Å². The topological polar surface area (TPSA) is 54.0 Å². The van der Waals surface area contributed by atoms with Crippen molar-refractivity contribution in [2.24, 2.45) is 0 Å². The number of thioether (sulfide) groups is 1. The minimum Gasteiger partial charge on any atom is -0.350 e. The Morgan fingerprint density at radius 2 is 2.29 bits per heavy atom. The van der Waals surface area contributed by atoms with E-state index in [0.29, 0.717) is 6.54 Å². The van der Waals surface area contributed by atoms with E-state index in [1.807, 2.05) is 0 Å². The number of nitrogens with zero attached hydrogens (tertiary/aromatic N) is 1. The van der Waals surface area contributed by atoms with Gasteiger partial charge in [0.15, 0.2) is 0 Å². The Labute approximate surface area is 130 Å². The van der Waals surface area contributed by atoms with Crippen LogP contribution >= 0.6 is 24.2 Å². The van der Waals surface area contributed by atoms with Gasteiger partial charge in [-0.3, -0.25) is 4.79 Å². The van der Waals surface area contributed by atoms with Crippen LogP contribution in [0.1, 0.15) is 23.2 Å². The standard InChI is InChI=1S/C12H14F3N3OS.ClH/c13-12(14,15)20-11-9(4-2-6-17-11)10(19)18-7-8-3-1-5-16-8;/h2,4,6,8,16H,1,3,5,7H2,(H,18,19);1H. The Morgan fingerprint density at radius 1 is 1.52 bits per heavy atom. The lowest BCUT2D eigenvalue weighted by molar-refractivity contribution is -0.0329. The van der Waals surface area contributed by atoms with Crippen molar-refractivity contribution >= 4 is 30.1 Å². The molecule has 4 nitrogen and oxygen atoms in total. The Morgan fingerprint density at radius 3 is 2.90 bits per heavy atom. The maximum atomic E-state index is 12.4. The van der Waals surface area contributed by atoms with Crippen LogP contribution in [0.4, 0.5) is 13.2 Å². The number of nitrogens with one attached hydrogen (secondary N) is 2. The summed E-state index contributed by atoms with van der Waals surface area (Å²) >= 11 is -0.374. The summed E-state index contributed by atoms with van der Waals surface area (Å²) in [5.74, 6) is -0.529. The van der Waals surface area contributed by atoms with Crippen LogP contribution < -0.4 is 10.6 Å². The smallest absolute Gasteiger partial charge is 0.350 e. The van der Waals surface area contributed by atoms with Gasteiger partial charge in [-0.05, 0) is 31.5 Å². The monoisotopic (exact) mass is 341 g/mol. The molecule has 1 atom stereocenters. The Bertz CT molecular complexity index is 481. The average molecular weight is 342 g/mol. The summed E-state index contributed by atoms with van der Waals surface area (Å²) in [6.07, 6.45) is 3.24. The predicted molar refractivity (Wildman–Crippen MR) is 76.8 cm³/mol. The Kier molecular flexibility index (Phi) is 6.76. The number of carbonyl (C=O) groups excluding carboxylic acids is 1. The number of halogens is 4. The fraction of sp³-hybridized carbons (Fsp3) is 0.500. The molecule has 21 heavy (non-hydrogen) atoms. The quantitative estimate of drug-likeness (QED) is 0.827. The first-order valence-electron chi connectivity index (χ1n) is 6.18. The molecular formula is C12H15ClF3N3OS. The minimum atomic E-state index is -4.46. The van der Waals surface area contributed by atoms with Gasteiger partial charge in [-0.25, -0.2) is 4.98 Å². The first kappa shape index (κ1) is 18.1. The second kappa shape index (κ2) is 7.86. The summed E-state index contributed by atoms with van der Waals surface area (Å²) in [4.78, 5) is 15.6. The molecule has 0 radical (unpaired) electrons. The molecule has 9 heteroatoms. The summed E-state index contributed by atoms with van der Waals surface area (Å²) in [5.41, 5.74) is -4.51. The van der Waals surface area contributed by atoms with E-state index in [1.54, 1.807) is 0 Å². The van der Waals surface area contributed by atoms with Crippen LogP contribution in [0.25, 0.3) is 0 Å². The maximum absolute atomic E-state index is 12.4. The highest BCUT2D eigenvalue weighted by Crippen LogP contribution is 2.37. The highest BCUT2D eigenvalue weighted by atomic mass is 35.5. The zero-order valence-electron chi connectivity index (χ0n) is 10.9. The van der Waals surface area contributed by atoms with Gasteiger partial charge in [0.1, 0.15) is 5.03 Å². The van der Waals surface area contributed by atoms with E-state index >= 15 is 0 Å². The van der Waals surface area contributed by atoms with Gasteiger partial charge in [0.25, 0.3) is 5.91 Å². The normalized spacial score (nSPS) is 18.1. The number of amides is 1. The SMILES string of the molecule is Cl.O=C(NCC1CCCN1)c1cccnc1SC(F)(F)F. The molecule has 1 amide bonds. The van der Waals surface area contributed by atoms with E-state index in [4.69, 9.17) is 0 Å². The van der Waals surface area contributed by atoms with E-state index in [1.165, 1.54) is 18.3 Å². The lowest BCUT2D eigenvalue weighted by atomic mass is 10.2. The fourth-order valence-corrected chi connectivity index (χ4v) is 2.60. The molecule has 1 aliphatic rings. The minimum absolute atomic E-state index is 0. The molecule has 2 heterocycles. The van der Waals surface area contributed by atoms with Crippen molar-refractivity contribution in [2.45, 2.75) is 29.4 Å². The number of hydrogen-bond donors (Lipinski definition) is 2. The van der Waals surface area contributed by atoms with Crippen molar-refractivity contribution in [3.63, 3.8) is 0 Å². The van der Waals surface area contributed by atoms with Crippen LogP contribution in [0.2, 0.25) is 0 Å². The van der Waals surface area contributed by atoms with Gasteiger partial charge in [-0.15, -0.1) is 12.4 Å². The number of alkyl halides is 3. The summed E-state index contributed by atoms with van der Waals surface area (Å²) in [6.45, 7) is 1.31. The lowest BCUT2D eigenvalue weighted by Crippen LogP contribution is -2.37. The zero-order chi connectivity index (χ0) is 14.6. The molecule has 0 bridgehead atoms. The second-order valence-corrected chi connectivity index (χ2v) is 5.46. The molecule has 0 aromatic carbocycles. The molecule has 1 aromatic rings. The molecule has 2 rings (SSSR count). The van der Waals surface area contributed by atoms with Crippen LogP contribution in [0.5, 0.6) is 0 Å². The van der Waals surface area contributed by atoms with E-state index in [0.717, 1.165) is 19.4 Å². The van der Waals surface area contributed by atoms with Crippen LogP contribution in [0.3, 0.4) is 0 Å². The third-order valence-electron chi connectivity index (χ3n) is 2.90. The van der Waals surface area contributed by atoms with Gasteiger partial charge in [0, 0.05) is 30.5 Å². The molecular weight excluding hydrogens is 327 g/mol.